The highest BCUT2D eigenvalue weighted by Crippen LogP contribution is 2.34. The fourth-order valence-corrected chi connectivity index (χ4v) is 1.93. The molecule has 0 spiro atoms. The quantitative estimate of drug-likeness (QED) is 0.675. The second kappa shape index (κ2) is 6.73. The van der Waals surface area contributed by atoms with Crippen LogP contribution in [0, 0.1) is 15.9 Å². The van der Waals surface area contributed by atoms with Crippen LogP contribution in [0.5, 0.6) is 11.5 Å². The predicted molar refractivity (Wildman–Crippen MR) is 80.6 cm³/mol. The van der Waals surface area contributed by atoms with E-state index in [0.717, 1.165) is 6.07 Å². The van der Waals surface area contributed by atoms with Crippen molar-refractivity contribution in [3.63, 3.8) is 0 Å². The van der Waals surface area contributed by atoms with Crippen LogP contribution in [0.4, 0.5) is 15.8 Å². The van der Waals surface area contributed by atoms with Gasteiger partial charge in [-0.05, 0) is 24.3 Å². The first kappa shape index (κ1) is 16.2. The molecule has 0 aliphatic heterocycles. The fourth-order valence-electron chi connectivity index (χ4n) is 1.93. The average Bonchev–Trinajstić information content (AvgIpc) is 2.55. The van der Waals surface area contributed by atoms with E-state index >= 15 is 0 Å². The molecule has 1 N–H and O–H groups in total. The van der Waals surface area contributed by atoms with Crippen LogP contribution in [-0.2, 0) is 0 Å². The van der Waals surface area contributed by atoms with Crippen molar-refractivity contribution >= 4 is 17.3 Å². The van der Waals surface area contributed by atoms with Gasteiger partial charge in [0.05, 0.1) is 25.2 Å². The van der Waals surface area contributed by atoms with Gasteiger partial charge in [-0.2, -0.15) is 0 Å². The summed E-state index contributed by atoms with van der Waals surface area (Å²) >= 11 is 0. The number of carbonyl (C=O) groups excluding carboxylic acids is 1. The minimum absolute atomic E-state index is 0.137. The largest absolute Gasteiger partial charge is 0.493 e. The van der Waals surface area contributed by atoms with E-state index in [2.05, 4.69) is 5.32 Å². The lowest BCUT2D eigenvalue weighted by molar-refractivity contribution is -0.385. The molecular weight excluding hydrogens is 307 g/mol. The molecule has 0 radical (unpaired) electrons. The Labute approximate surface area is 130 Å². The number of hydrogen-bond donors (Lipinski definition) is 1. The molecule has 0 atom stereocenters. The molecule has 0 saturated heterocycles. The normalized spacial score (nSPS) is 10.0. The van der Waals surface area contributed by atoms with Gasteiger partial charge in [-0.1, -0.05) is 0 Å². The first-order chi connectivity index (χ1) is 11.0. The molecule has 2 rings (SSSR count). The molecular formula is C15H13FN2O5. The van der Waals surface area contributed by atoms with Crippen LogP contribution >= 0.6 is 0 Å². The molecule has 0 aliphatic carbocycles. The summed E-state index contributed by atoms with van der Waals surface area (Å²) in [4.78, 5) is 22.8. The van der Waals surface area contributed by atoms with Crippen molar-refractivity contribution in [2.45, 2.75) is 0 Å². The van der Waals surface area contributed by atoms with Crippen LogP contribution in [0.15, 0.2) is 36.4 Å². The standard InChI is InChI=1S/C15H13FN2O5/c1-22-13-7-11(12(18(20)21)8-14(13)23-2)15(19)17-10-5-3-9(16)4-6-10/h3-8H,1-2H3,(H,17,19). The van der Waals surface area contributed by atoms with Gasteiger partial charge in [-0.3, -0.25) is 14.9 Å². The Morgan fingerprint density at radius 1 is 1.13 bits per heavy atom. The Kier molecular flexibility index (Phi) is 4.75. The molecule has 2 aromatic carbocycles. The summed E-state index contributed by atoms with van der Waals surface area (Å²) in [7, 11) is 2.69. The number of benzene rings is 2. The Morgan fingerprint density at radius 2 is 1.70 bits per heavy atom. The number of rotatable bonds is 5. The number of anilines is 1. The van der Waals surface area contributed by atoms with E-state index in [1.165, 1.54) is 44.6 Å². The Hall–Kier alpha value is -3.16. The van der Waals surface area contributed by atoms with Crippen molar-refractivity contribution < 1.29 is 23.6 Å². The SMILES string of the molecule is COc1cc(C(=O)Nc2ccc(F)cc2)c([N+](=O)[O-])cc1OC. The molecule has 7 nitrogen and oxygen atoms in total. The zero-order valence-corrected chi connectivity index (χ0v) is 12.3. The number of nitrogens with one attached hydrogen (secondary N) is 1. The molecule has 0 aromatic heterocycles. The molecule has 0 fully saturated rings. The van der Waals surface area contributed by atoms with Gasteiger partial charge in [0.1, 0.15) is 11.4 Å². The molecule has 0 unspecified atom stereocenters. The number of nitrogens with zero attached hydrogens (tertiary/aromatic N) is 1. The van der Waals surface area contributed by atoms with Gasteiger partial charge in [-0.15, -0.1) is 0 Å². The molecule has 2 aromatic rings. The van der Waals surface area contributed by atoms with E-state index in [-0.39, 0.29) is 17.1 Å². The number of nitro benzene ring substituents is 1. The minimum atomic E-state index is -0.718. The highest BCUT2D eigenvalue weighted by molar-refractivity contribution is 6.07. The monoisotopic (exact) mass is 320 g/mol. The maximum absolute atomic E-state index is 12.9. The van der Waals surface area contributed by atoms with Gasteiger partial charge >= 0.3 is 0 Å². The predicted octanol–water partition coefficient (Wildman–Crippen LogP) is 3.00. The molecule has 23 heavy (non-hydrogen) atoms. The third kappa shape index (κ3) is 3.54. The summed E-state index contributed by atoms with van der Waals surface area (Å²) in [5.41, 5.74) is -0.320. The Balaban J connectivity index is 2.41. The van der Waals surface area contributed by atoms with Crippen molar-refractivity contribution in [1.82, 2.24) is 0 Å². The summed E-state index contributed by atoms with van der Waals surface area (Å²) in [6.07, 6.45) is 0. The Morgan fingerprint density at radius 3 is 2.22 bits per heavy atom. The van der Waals surface area contributed by atoms with Gasteiger partial charge in [0, 0.05) is 11.8 Å². The zero-order valence-electron chi connectivity index (χ0n) is 12.3. The van der Waals surface area contributed by atoms with Gasteiger partial charge in [0.2, 0.25) is 0 Å². The number of methoxy groups -OCH3 is 2. The van der Waals surface area contributed by atoms with Gasteiger partial charge in [-0.25, -0.2) is 4.39 Å². The summed E-state index contributed by atoms with van der Waals surface area (Å²) < 4.78 is 22.9. The number of nitro groups is 1. The second-order valence-electron chi connectivity index (χ2n) is 4.44. The van der Waals surface area contributed by atoms with Gasteiger partial charge in [0.25, 0.3) is 11.6 Å². The highest BCUT2D eigenvalue weighted by atomic mass is 19.1. The van der Waals surface area contributed by atoms with E-state index in [1.807, 2.05) is 0 Å². The molecule has 0 aliphatic rings. The number of carbonyl (C=O) groups is 1. The van der Waals surface area contributed by atoms with Crippen molar-refractivity contribution in [2.24, 2.45) is 0 Å². The second-order valence-corrected chi connectivity index (χ2v) is 4.44. The first-order valence-corrected chi connectivity index (χ1v) is 6.43. The van der Waals surface area contributed by atoms with Crippen molar-refractivity contribution in [3.05, 3.63) is 57.9 Å². The first-order valence-electron chi connectivity index (χ1n) is 6.43. The van der Waals surface area contributed by atoms with Crippen LogP contribution in [0.2, 0.25) is 0 Å². The summed E-state index contributed by atoms with van der Waals surface area (Å²) in [5, 5.41) is 13.6. The lowest BCUT2D eigenvalue weighted by Crippen LogP contribution is -2.14. The molecule has 1 amide bonds. The molecule has 0 bridgehead atoms. The number of amides is 1. The highest BCUT2D eigenvalue weighted by Gasteiger charge is 2.24. The van der Waals surface area contributed by atoms with Crippen LogP contribution in [0.1, 0.15) is 10.4 Å². The summed E-state index contributed by atoms with van der Waals surface area (Å²) in [6.45, 7) is 0. The third-order valence-corrected chi connectivity index (χ3v) is 3.05. The van der Waals surface area contributed by atoms with E-state index in [1.54, 1.807) is 0 Å². The molecule has 8 heteroatoms. The van der Waals surface area contributed by atoms with E-state index < -0.39 is 22.3 Å². The smallest absolute Gasteiger partial charge is 0.286 e. The lowest BCUT2D eigenvalue weighted by Gasteiger charge is -2.11. The van der Waals surface area contributed by atoms with Crippen LogP contribution in [0.25, 0.3) is 0 Å². The van der Waals surface area contributed by atoms with Gasteiger partial charge < -0.3 is 14.8 Å². The van der Waals surface area contributed by atoms with Crippen molar-refractivity contribution in [3.8, 4) is 11.5 Å². The maximum atomic E-state index is 12.9. The average molecular weight is 320 g/mol. The lowest BCUT2D eigenvalue weighted by atomic mass is 10.1. The number of ether oxygens (including phenoxy) is 2. The van der Waals surface area contributed by atoms with E-state index in [0.29, 0.717) is 5.69 Å². The maximum Gasteiger partial charge on any atom is 0.286 e. The molecule has 0 saturated carbocycles. The van der Waals surface area contributed by atoms with Crippen LogP contribution in [-0.4, -0.2) is 25.1 Å². The van der Waals surface area contributed by atoms with Crippen LogP contribution in [0.3, 0.4) is 0 Å². The minimum Gasteiger partial charge on any atom is -0.493 e. The molecule has 0 heterocycles. The molecule has 120 valence electrons. The van der Waals surface area contributed by atoms with Crippen molar-refractivity contribution in [1.29, 1.82) is 0 Å². The fraction of sp³-hybridized carbons (Fsp3) is 0.133. The summed E-state index contributed by atoms with van der Waals surface area (Å²) in [6, 6.07) is 7.35. The van der Waals surface area contributed by atoms with Crippen LogP contribution < -0.4 is 14.8 Å². The van der Waals surface area contributed by atoms with E-state index in [4.69, 9.17) is 9.47 Å². The van der Waals surface area contributed by atoms with Crippen molar-refractivity contribution in [2.75, 3.05) is 19.5 Å². The topological polar surface area (TPSA) is 90.7 Å². The van der Waals surface area contributed by atoms with E-state index in [9.17, 15) is 19.3 Å². The Bertz CT molecular complexity index is 746. The number of halogens is 1. The summed E-state index contributed by atoms with van der Waals surface area (Å²) in [5.74, 6) is -0.857. The zero-order chi connectivity index (χ0) is 17.0. The number of hydrogen-bond acceptors (Lipinski definition) is 5. The van der Waals surface area contributed by atoms with Gasteiger partial charge in [0.15, 0.2) is 11.5 Å². The third-order valence-electron chi connectivity index (χ3n) is 3.05.